The zero-order valence-corrected chi connectivity index (χ0v) is 11.4. The highest BCUT2D eigenvalue weighted by atomic mass is 32.2. The normalized spacial score (nSPS) is 29.8. The maximum Gasteiger partial charge on any atom is 0.307 e. The molecule has 1 saturated heterocycles. The van der Waals surface area contributed by atoms with Gasteiger partial charge in [0.1, 0.15) is 0 Å². The molecule has 0 aromatic carbocycles. The van der Waals surface area contributed by atoms with Crippen molar-refractivity contribution in [1.82, 2.24) is 5.32 Å². The molecular weight excluding hydrogens is 250 g/mol. The molecule has 2 rings (SSSR count). The van der Waals surface area contributed by atoms with Crippen molar-refractivity contribution in [2.45, 2.75) is 44.6 Å². The quantitative estimate of drug-likeness (QED) is 0.822. The van der Waals surface area contributed by atoms with Gasteiger partial charge in [0.2, 0.25) is 5.91 Å². The number of carbonyl (C=O) groups is 2. The summed E-state index contributed by atoms with van der Waals surface area (Å²) in [5.41, 5.74) is 0. The molecule has 2 aliphatic rings. The molecule has 4 nitrogen and oxygen atoms in total. The number of hydrogen-bond acceptors (Lipinski definition) is 3. The number of carboxylic acid groups (broad SMARTS) is 1. The molecule has 1 aliphatic carbocycles. The van der Waals surface area contributed by atoms with Crippen LogP contribution in [0.1, 0.15) is 38.5 Å². The molecule has 0 radical (unpaired) electrons. The van der Waals surface area contributed by atoms with Gasteiger partial charge in [0, 0.05) is 6.04 Å². The Morgan fingerprint density at radius 1 is 1.00 bits per heavy atom. The molecule has 2 N–H and O–H groups in total. The number of aliphatic carboxylic acids is 1. The molecule has 0 spiro atoms. The lowest BCUT2D eigenvalue weighted by molar-refractivity contribution is -0.149. The Morgan fingerprint density at radius 2 is 1.61 bits per heavy atom. The molecule has 1 amide bonds. The van der Waals surface area contributed by atoms with Crippen molar-refractivity contribution in [3.8, 4) is 0 Å². The van der Waals surface area contributed by atoms with Gasteiger partial charge in [-0.25, -0.2) is 0 Å². The van der Waals surface area contributed by atoms with Gasteiger partial charge < -0.3 is 10.4 Å². The van der Waals surface area contributed by atoms with E-state index in [2.05, 4.69) is 5.32 Å². The molecule has 18 heavy (non-hydrogen) atoms. The fourth-order valence-corrected chi connectivity index (χ4v) is 4.00. The fraction of sp³-hybridized carbons (Fsp3) is 0.846. The van der Waals surface area contributed by atoms with Crippen LogP contribution in [0.25, 0.3) is 0 Å². The van der Waals surface area contributed by atoms with Crippen LogP contribution >= 0.6 is 11.8 Å². The van der Waals surface area contributed by atoms with Crippen molar-refractivity contribution in [3.05, 3.63) is 0 Å². The van der Waals surface area contributed by atoms with E-state index < -0.39 is 11.9 Å². The second-order valence-corrected chi connectivity index (χ2v) is 6.46. The monoisotopic (exact) mass is 271 g/mol. The van der Waals surface area contributed by atoms with Crippen LogP contribution in [0.3, 0.4) is 0 Å². The van der Waals surface area contributed by atoms with Crippen molar-refractivity contribution >= 4 is 23.6 Å². The van der Waals surface area contributed by atoms with Crippen LogP contribution in [0, 0.1) is 11.8 Å². The van der Waals surface area contributed by atoms with E-state index in [0.29, 0.717) is 6.42 Å². The van der Waals surface area contributed by atoms with Crippen LogP contribution in [0.15, 0.2) is 0 Å². The van der Waals surface area contributed by atoms with Crippen LogP contribution in [-0.2, 0) is 9.59 Å². The van der Waals surface area contributed by atoms with Gasteiger partial charge in [-0.1, -0.05) is 12.8 Å². The molecule has 0 aromatic rings. The Kier molecular flexibility index (Phi) is 4.92. The van der Waals surface area contributed by atoms with Crippen LogP contribution in [-0.4, -0.2) is 34.5 Å². The van der Waals surface area contributed by atoms with Gasteiger partial charge in [0.25, 0.3) is 0 Å². The Bertz CT molecular complexity index is 315. The van der Waals surface area contributed by atoms with Crippen LogP contribution in [0.2, 0.25) is 0 Å². The number of nitrogens with one attached hydrogen (secondary N) is 1. The lowest BCUT2D eigenvalue weighted by atomic mass is 9.78. The summed E-state index contributed by atoms with van der Waals surface area (Å²) >= 11 is 1.92. The maximum atomic E-state index is 12.2. The second kappa shape index (κ2) is 6.45. The van der Waals surface area contributed by atoms with E-state index in [4.69, 9.17) is 0 Å². The van der Waals surface area contributed by atoms with Crippen molar-refractivity contribution in [3.63, 3.8) is 0 Å². The minimum absolute atomic E-state index is 0.0287. The van der Waals surface area contributed by atoms with Gasteiger partial charge in [-0.2, -0.15) is 11.8 Å². The number of hydrogen-bond donors (Lipinski definition) is 2. The largest absolute Gasteiger partial charge is 0.481 e. The Hall–Kier alpha value is -0.710. The average Bonchev–Trinajstić information content (AvgIpc) is 2.40. The second-order valence-electron chi connectivity index (χ2n) is 5.23. The van der Waals surface area contributed by atoms with Crippen molar-refractivity contribution in [2.75, 3.05) is 11.5 Å². The fourth-order valence-electron chi connectivity index (χ4n) is 2.89. The number of rotatable bonds is 3. The topological polar surface area (TPSA) is 66.4 Å². The Labute approximate surface area is 112 Å². The maximum absolute atomic E-state index is 12.2. The van der Waals surface area contributed by atoms with E-state index in [-0.39, 0.29) is 17.9 Å². The molecule has 2 fully saturated rings. The van der Waals surface area contributed by atoms with Gasteiger partial charge >= 0.3 is 5.97 Å². The average molecular weight is 271 g/mol. The summed E-state index contributed by atoms with van der Waals surface area (Å²) in [5, 5.41) is 12.2. The van der Waals surface area contributed by atoms with E-state index in [1.54, 1.807) is 0 Å². The van der Waals surface area contributed by atoms with E-state index in [9.17, 15) is 14.7 Å². The molecular formula is C13H21NO3S. The minimum Gasteiger partial charge on any atom is -0.481 e. The van der Waals surface area contributed by atoms with Gasteiger partial charge in [-0.15, -0.1) is 0 Å². The van der Waals surface area contributed by atoms with Gasteiger partial charge in [-0.3, -0.25) is 9.59 Å². The van der Waals surface area contributed by atoms with E-state index in [0.717, 1.165) is 43.6 Å². The third kappa shape index (κ3) is 3.40. The first-order valence-electron chi connectivity index (χ1n) is 6.79. The Morgan fingerprint density at radius 3 is 2.22 bits per heavy atom. The van der Waals surface area contributed by atoms with Crippen LogP contribution in [0.5, 0.6) is 0 Å². The SMILES string of the molecule is O=C(O)C1CCCCC1C(=O)NC1CCSCC1. The zero-order valence-electron chi connectivity index (χ0n) is 10.6. The summed E-state index contributed by atoms with van der Waals surface area (Å²) in [6.45, 7) is 0. The molecule has 1 heterocycles. The summed E-state index contributed by atoms with van der Waals surface area (Å²) in [7, 11) is 0. The van der Waals surface area contributed by atoms with Gasteiger partial charge in [0.05, 0.1) is 11.8 Å². The standard InChI is InChI=1S/C13H21NO3S/c15-12(14-9-5-7-18-8-6-9)10-3-1-2-4-11(10)13(16)17/h9-11H,1-8H2,(H,14,15)(H,16,17). The number of carboxylic acids is 1. The molecule has 1 aliphatic heterocycles. The summed E-state index contributed by atoms with van der Waals surface area (Å²) in [6, 6.07) is 0.259. The first kappa shape index (κ1) is 13.7. The molecule has 102 valence electrons. The predicted molar refractivity (Wildman–Crippen MR) is 71.6 cm³/mol. The van der Waals surface area contributed by atoms with E-state index >= 15 is 0 Å². The highest BCUT2D eigenvalue weighted by molar-refractivity contribution is 7.99. The number of amides is 1. The molecule has 5 heteroatoms. The third-order valence-electron chi connectivity index (χ3n) is 3.99. The summed E-state index contributed by atoms with van der Waals surface area (Å²) < 4.78 is 0. The Balaban J connectivity index is 1.91. The lowest BCUT2D eigenvalue weighted by Gasteiger charge is -2.30. The van der Waals surface area contributed by atoms with Crippen molar-refractivity contribution in [2.24, 2.45) is 11.8 Å². The van der Waals surface area contributed by atoms with Gasteiger partial charge in [0.15, 0.2) is 0 Å². The highest BCUT2D eigenvalue weighted by Gasteiger charge is 2.36. The highest BCUT2D eigenvalue weighted by Crippen LogP contribution is 2.31. The van der Waals surface area contributed by atoms with E-state index in [1.165, 1.54) is 0 Å². The van der Waals surface area contributed by atoms with Crippen LogP contribution in [0.4, 0.5) is 0 Å². The van der Waals surface area contributed by atoms with Gasteiger partial charge in [-0.05, 0) is 37.2 Å². The van der Waals surface area contributed by atoms with E-state index in [1.807, 2.05) is 11.8 Å². The molecule has 1 saturated carbocycles. The molecule has 2 unspecified atom stereocenters. The first-order chi connectivity index (χ1) is 8.68. The summed E-state index contributed by atoms with van der Waals surface area (Å²) in [6.07, 6.45) is 5.31. The molecule has 0 bridgehead atoms. The molecule has 2 atom stereocenters. The predicted octanol–water partition coefficient (Wildman–Crippen LogP) is 1.89. The van der Waals surface area contributed by atoms with Crippen molar-refractivity contribution in [1.29, 1.82) is 0 Å². The summed E-state index contributed by atoms with van der Waals surface area (Å²) in [5.74, 6) is 0.561. The number of carbonyl (C=O) groups excluding carboxylic acids is 1. The number of thioether (sulfide) groups is 1. The smallest absolute Gasteiger partial charge is 0.307 e. The lowest BCUT2D eigenvalue weighted by Crippen LogP contribution is -2.45. The van der Waals surface area contributed by atoms with Crippen LogP contribution < -0.4 is 5.32 Å². The zero-order chi connectivity index (χ0) is 13.0. The third-order valence-corrected chi connectivity index (χ3v) is 5.04. The minimum atomic E-state index is -0.811. The first-order valence-corrected chi connectivity index (χ1v) is 7.95. The van der Waals surface area contributed by atoms with Crippen molar-refractivity contribution < 1.29 is 14.7 Å². The molecule has 0 aromatic heterocycles. The summed E-state index contributed by atoms with van der Waals surface area (Å²) in [4.78, 5) is 23.4.